The van der Waals surface area contributed by atoms with Crippen LogP contribution in [0.1, 0.15) is 24.0 Å². The fraction of sp³-hybridized carbons (Fsp3) is 0.545. The van der Waals surface area contributed by atoms with Crippen molar-refractivity contribution >= 4 is 23.1 Å². The van der Waals surface area contributed by atoms with E-state index >= 15 is 0 Å². The summed E-state index contributed by atoms with van der Waals surface area (Å²) in [6.45, 7) is 3.69. The summed E-state index contributed by atoms with van der Waals surface area (Å²) in [5.74, 6) is -0.522. The molecule has 0 aromatic carbocycles. The van der Waals surface area contributed by atoms with Gasteiger partial charge in [-0.3, -0.25) is 9.59 Å². The van der Waals surface area contributed by atoms with Crippen LogP contribution in [0.15, 0.2) is 5.38 Å². The Kier molecular flexibility index (Phi) is 2.80. The van der Waals surface area contributed by atoms with Gasteiger partial charge in [-0.15, -0.1) is 11.3 Å². The first-order valence-corrected chi connectivity index (χ1v) is 6.02. The molecule has 1 saturated heterocycles. The number of rotatable bonds is 3. The van der Waals surface area contributed by atoms with Gasteiger partial charge in [-0.25, -0.2) is 4.98 Å². The van der Waals surface area contributed by atoms with Gasteiger partial charge in [0.15, 0.2) is 0 Å². The first-order chi connectivity index (χ1) is 7.54. The number of cyclic esters (lactones) is 1. The number of nitrogens with zero attached hydrogens (tertiary/aromatic N) is 1. The molecular formula is C11H13NO3S. The predicted octanol–water partition coefficient (Wildman–Crippen LogP) is 1.52. The summed E-state index contributed by atoms with van der Waals surface area (Å²) in [5.41, 5.74) is -0.183. The number of ether oxygens (including phenoxy) is 1. The monoisotopic (exact) mass is 239 g/mol. The number of hydrogen-bond acceptors (Lipinski definition) is 5. The van der Waals surface area contributed by atoms with Gasteiger partial charge in [-0.2, -0.15) is 0 Å². The summed E-state index contributed by atoms with van der Waals surface area (Å²) in [5, 5.41) is 2.84. The minimum atomic E-state index is -0.986. The molecule has 2 heterocycles. The highest BCUT2D eigenvalue weighted by atomic mass is 32.1. The Morgan fingerprint density at radius 3 is 2.88 bits per heavy atom. The van der Waals surface area contributed by atoms with E-state index in [9.17, 15) is 9.59 Å². The van der Waals surface area contributed by atoms with Gasteiger partial charge in [0.1, 0.15) is 11.2 Å². The molecule has 5 heteroatoms. The van der Waals surface area contributed by atoms with Crippen molar-refractivity contribution in [2.24, 2.45) is 5.41 Å². The third-order valence-corrected chi connectivity index (χ3v) is 3.80. The van der Waals surface area contributed by atoms with Crippen molar-refractivity contribution in [3.63, 3.8) is 0 Å². The molecule has 0 saturated carbocycles. The predicted molar refractivity (Wildman–Crippen MR) is 59.2 cm³/mol. The highest BCUT2D eigenvalue weighted by Crippen LogP contribution is 2.35. The number of esters is 1. The highest BCUT2D eigenvalue weighted by molar-refractivity contribution is 7.09. The van der Waals surface area contributed by atoms with Gasteiger partial charge in [-0.1, -0.05) is 0 Å². The standard InChI is InChI=1S/C11H13NO3S/c1-7(13)11(3-4-15-10(11)14)5-9-6-16-8(2)12-9/h6H,3-5H2,1-2H3. The zero-order chi connectivity index (χ0) is 11.8. The fourth-order valence-electron chi connectivity index (χ4n) is 1.96. The molecular weight excluding hydrogens is 226 g/mol. The van der Waals surface area contributed by atoms with Crippen molar-refractivity contribution < 1.29 is 14.3 Å². The molecule has 86 valence electrons. The normalized spacial score (nSPS) is 24.5. The van der Waals surface area contributed by atoms with E-state index in [4.69, 9.17) is 4.74 Å². The van der Waals surface area contributed by atoms with E-state index in [1.165, 1.54) is 18.3 Å². The molecule has 0 spiro atoms. The Hall–Kier alpha value is -1.23. The van der Waals surface area contributed by atoms with Gasteiger partial charge in [0.05, 0.1) is 17.3 Å². The Balaban J connectivity index is 2.28. The van der Waals surface area contributed by atoms with Crippen LogP contribution in [-0.2, 0) is 20.7 Å². The molecule has 1 aliphatic rings. The van der Waals surface area contributed by atoms with Crippen LogP contribution in [0.2, 0.25) is 0 Å². The van der Waals surface area contributed by atoms with Crippen LogP contribution in [0.4, 0.5) is 0 Å². The van der Waals surface area contributed by atoms with Crippen LogP contribution >= 0.6 is 11.3 Å². The quantitative estimate of drug-likeness (QED) is 0.592. The van der Waals surface area contributed by atoms with Gasteiger partial charge in [-0.05, 0) is 13.8 Å². The number of aryl methyl sites for hydroxylation is 1. The summed E-state index contributed by atoms with van der Waals surface area (Å²) >= 11 is 1.52. The molecule has 1 atom stereocenters. The largest absolute Gasteiger partial charge is 0.465 e. The van der Waals surface area contributed by atoms with Crippen molar-refractivity contribution in [1.82, 2.24) is 4.98 Å². The molecule has 0 radical (unpaired) electrons. The summed E-state index contributed by atoms with van der Waals surface area (Å²) in [4.78, 5) is 27.6. The lowest BCUT2D eigenvalue weighted by molar-refractivity contribution is -0.150. The van der Waals surface area contributed by atoms with Crippen LogP contribution in [-0.4, -0.2) is 23.3 Å². The van der Waals surface area contributed by atoms with Crippen molar-refractivity contribution in [2.75, 3.05) is 6.61 Å². The van der Waals surface area contributed by atoms with Gasteiger partial charge < -0.3 is 4.74 Å². The second kappa shape index (κ2) is 3.97. The number of carbonyl (C=O) groups is 2. The van der Waals surface area contributed by atoms with Crippen LogP contribution < -0.4 is 0 Å². The van der Waals surface area contributed by atoms with E-state index in [0.717, 1.165) is 10.7 Å². The van der Waals surface area contributed by atoms with Gasteiger partial charge >= 0.3 is 5.97 Å². The smallest absolute Gasteiger partial charge is 0.320 e. The fourth-order valence-corrected chi connectivity index (χ4v) is 2.57. The van der Waals surface area contributed by atoms with Crippen LogP contribution in [0.5, 0.6) is 0 Å². The topological polar surface area (TPSA) is 56.3 Å². The number of ketones is 1. The number of aromatic nitrogens is 1. The Bertz CT molecular complexity index is 440. The summed E-state index contributed by atoms with van der Waals surface area (Å²) < 4.78 is 4.93. The molecule has 4 nitrogen and oxygen atoms in total. The van der Waals surface area contributed by atoms with Crippen LogP contribution in [0, 0.1) is 12.3 Å². The summed E-state index contributed by atoms with van der Waals surface area (Å²) in [6, 6.07) is 0. The first kappa shape index (κ1) is 11.3. The maximum atomic E-state index is 11.7. The maximum absolute atomic E-state index is 11.7. The van der Waals surface area contributed by atoms with Crippen LogP contribution in [0.25, 0.3) is 0 Å². The highest BCUT2D eigenvalue weighted by Gasteiger charge is 2.49. The second-order valence-electron chi connectivity index (χ2n) is 4.06. The molecule has 1 unspecified atom stereocenters. The molecule has 1 aromatic heterocycles. The van der Waals surface area contributed by atoms with E-state index < -0.39 is 11.4 Å². The molecule has 0 amide bonds. The Labute approximate surface area is 97.6 Å². The van der Waals surface area contributed by atoms with E-state index in [-0.39, 0.29) is 5.78 Å². The molecule has 1 fully saturated rings. The molecule has 1 aliphatic heterocycles. The molecule has 0 bridgehead atoms. The molecule has 16 heavy (non-hydrogen) atoms. The second-order valence-corrected chi connectivity index (χ2v) is 5.12. The molecule has 2 rings (SSSR count). The molecule has 0 aliphatic carbocycles. The summed E-state index contributed by atoms with van der Waals surface area (Å²) in [6.07, 6.45) is 0.837. The number of thiazole rings is 1. The Morgan fingerprint density at radius 1 is 1.69 bits per heavy atom. The maximum Gasteiger partial charge on any atom is 0.320 e. The van der Waals surface area contributed by atoms with E-state index in [1.54, 1.807) is 0 Å². The van der Waals surface area contributed by atoms with E-state index in [2.05, 4.69) is 4.98 Å². The van der Waals surface area contributed by atoms with Crippen molar-refractivity contribution in [2.45, 2.75) is 26.7 Å². The average Bonchev–Trinajstić information content (AvgIpc) is 2.76. The lowest BCUT2D eigenvalue weighted by Crippen LogP contribution is -2.36. The average molecular weight is 239 g/mol. The minimum absolute atomic E-state index is 0.124. The summed E-state index contributed by atoms with van der Waals surface area (Å²) in [7, 11) is 0. The van der Waals surface area contributed by atoms with Gasteiger partial charge in [0, 0.05) is 18.2 Å². The molecule has 0 N–H and O–H groups in total. The van der Waals surface area contributed by atoms with Crippen molar-refractivity contribution in [1.29, 1.82) is 0 Å². The van der Waals surface area contributed by atoms with Gasteiger partial charge in [0.2, 0.25) is 0 Å². The van der Waals surface area contributed by atoms with Crippen LogP contribution in [0.3, 0.4) is 0 Å². The minimum Gasteiger partial charge on any atom is -0.465 e. The third kappa shape index (κ3) is 1.75. The zero-order valence-electron chi connectivity index (χ0n) is 9.28. The third-order valence-electron chi connectivity index (χ3n) is 2.98. The first-order valence-electron chi connectivity index (χ1n) is 5.14. The van der Waals surface area contributed by atoms with E-state index in [0.29, 0.717) is 19.4 Å². The SMILES string of the molecule is CC(=O)C1(Cc2csc(C)n2)CCOC1=O. The zero-order valence-corrected chi connectivity index (χ0v) is 10.1. The number of hydrogen-bond donors (Lipinski definition) is 0. The number of carbonyl (C=O) groups excluding carboxylic acids is 2. The van der Waals surface area contributed by atoms with Crippen molar-refractivity contribution in [3.05, 3.63) is 16.1 Å². The Morgan fingerprint density at radius 2 is 2.44 bits per heavy atom. The number of Topliss-reactive ketones (excluding diaryl/α,β-unsaturated/α-hetero) is 1. The van der Waals surface area contributed by atoms with Crippen molar-refractivity contribution in [3.8, 4) is 0 Å². The molecule has 1 aromatic rings. The van der Waals surface area contributed by atoms with E-state index in [1.807, 2.05) is 12.3 Å². The lowest BCUT2D eigenvalue weighted by Gasteiger charge is -2.19. The van der Waals surface area contributed by atoms with Gasteiger partial charge in [0.25, 0.3) is 0 Å². The lowest BCUT2D eigenvalue weighted by atomic mass is 9.78.